The van der Waals surface area contributed by atoms with Gasteiger partial charge in [0.15, 0.2) is 0 Å². The number of carboxylic acids is 1. The lowest BCUT2D eigenvalue weighted by Crippen LogP contribution is -2.36. The number of sulfonamides is 1. The SMILES string of the molecule is COc1cc(OCc2cccc(-c3cccc(COc4nc(OCc5cncc(C#N)c5)c(CNC[C@@H](O)CC(=O)O)cc4Cl)c3C)c2C)c(Cl)cc1CNCC(=O)NS(C)(=O)=O. The largest absolute Gasteiger partial charge is 0.496 e. The van der Waals surface area contributed by atoms with E-state index in [0.717, 1.165) is 39.6 Å². The molecule has 0 fully saturated rings. The molecule has 5 aromatic rings. The number of methoxy groups -OCH3 is 1. The molecule has 0 aliphatic heterocycles. The fourth-order valence-electron chi connectivity index (χ4n) is 6.41. The number of nitrogens with zero attached hydrogens (tertiary/aromatic N) is 3. The van der Waals surface area contributed by atoms with E-state index in [9.17, 15) is 28.4 Å². The average Bonchev–Trinajstić information content (AvgIpc) is 3.22. The third-order valence-corrected chi connectivity index (χ3v) is 10.7. The Morgan fingerprint density at radius 3 is 2.10 bits per heavy atom. The topological polar surface area (TPSA) is 231 Å². The Morgan fingerprint density at radius 1 is 0.825 bits per heavy atom. The molecule has 0 saturated heterocycles. The molecule has 5 N–H and O–H groups in total. The number of ether oxygens (including phenoxy) is 4. The Labute approximate surface area is 375 Å². The summed E-state index contributed by atoms with van der Waals surface area (Å²) < 4.78 is 48.6. The van der Waals surface area contributed by atoms with Crippen molar-refractivity contribution in [2.75, 3.05) is 26.5 Å². The van der Waals surface area contributed by atoms with E-state index in [1.165, 1.54) is 13.3 Å². The van der Waals surface area contributed by atoms with Gasteiger partial charge in [-0.1, -0.05) is 59.6 Å². The van der Waals surface area contributed by atoms with Crippen molar-refractivity contribution in [3.05, 3.63) is 128 Å². The standard InChI is InChI=1S/C44H46Cl2N6O10S/c1-26-30(24-60-40-15-39(59-3)32(12-37(40)45)19-50-22-41(54)52-63(4,57)58)7-5-9-35(26)36-10-6-8-31(27(36)2)25-62-44-38(46)13-33(20-49-21-34(53)14-42(55)56)43(51-44)61-23-29-11-28(16-47)17-48-18-29/h5-13,15,17-18,34,49-50,53H,14,19-25H2,1-4H3,(H,52,54)(H,55,56)/t34-/m0/s1. The van der Waals surface area contributed by atoms with Crippen LogP contribution < -0.4 is 34.3 Å². The highest BCUT2D eigenvalue weighted by atomic mass is 35.5. The molecule has 0 saturated carbocycles. The zero-order valence-electron chi connectivity index (χ0n) is 34.8. The van der Waals surface area contributed by atoms with Crippen molar-refractivity contribution in [2.24, 2.45) is 0 Å². The van der Waals surface area contributed by atoms with Gasteiger partial charge in [0.1, 0.15) is 42.4 Å². The van der Waals surface area contributed by atoms with E-state index in [2.05, 4.69) is 26.7 Å². The highest BCUT2D eigenvalue weighted by Gasteiger charge is 2.18. The number of aliphatic hydroxyl groups excluding tert-OH is 1. The molecule has 0 unspecified atom stereocenters. The van der Waals surface area contributed by atoms with Crippen molar-refractivity contribution in [1.29, 1.82) is 5.26 Å². The molecule has 1 amide bonds. The van der Waals surface area contributed by atoms with Crippen LogP contribution in [-0.4, -0.2) is 73.0 Å². The fraction of sp³-hybridized carbons (Fsp3) is 0.295. The number of hydrogen-bond acceptors (Lipinski definition) is 14. The van der Waals surface area contributed by atoms with Crippen molar-refractivity contribution in [2.45, 2.75) is 59.3 Å². The number of aliphatic hydroxyl groups is 1. The predicted molar refractivity (Wildman–Crippen MR) is 235 cm³/mol. The van der Waals surface area contributed by atoms with Gasteiger partial charge in [-0.25, -0.2) is 8.42 Å². The zero-order valence-corrected chi connectivity index (χ0v) is 37.2. The molecule has 0 bridgehead atoms. The number of halogens is 2. The minimum Gasteiger partial charge on any atom is -0.496 e. The van der Waals surface area contributed by atoms with Gasteiger partial charge < -0.3 is 39.8 Å². The first-order valence-electron chi connectivity index (χ1n) is 19.3. The maximum Gasteiger partial charge on any atom is 0.306 e. The molecule has 5 rings (SSSR count). The van der Waals surface area contributed by atoms with Crippen LogP contribution in [0.15, 0.2) is 73.1 Å². The minimum absolute atomic E-state index is 0.000287. The Balaban J connectivity index is 1.29. The van der Waals surface area contributed by atoms with Crippen molar-refractivity contribution in [3.8, 4) is 40.5 Å². The lowest BCUT2D eigenvalue weighted by Gasteiger charge is -2.18. The minimum atomic E-state index is -3.67. The number of aromatic nitrogens is 2. The first-order valence-corrected chi connectivity index (χ1v) is 22.0. The Bertz CT molecular complexity index is 2610. The third kappa shape index (κ3) is 14.0. The molecule has 1 atom stereocenters. The molecule has 0 aliphatic carbocycles. The van der Waals surface area contributed by atoms with Gasteiger partial charge in [0.05, 0.1) is 43.0 Å². The van der Waals surface area contributed by atoms with E-state index in [-0.39, 0.29) is 62.8 Å². The Hall–Kier alpha value is -6.00. The first kappa shape index (κ1) is 48.0. The van der Waals surface area contributed by atoms with Gasteiger partial charge in [0, 0.05) is 54.8 Å². The second-order valence-electron chi connectivity index (χ2n) is 14.4. The monoisotopic (exact) mass is 920 g/mol. The summed E-state index contributed by atoms with van der Waals surface area (Å²) in [5.74, 6) is -0.677. The van der Waals surface area contributed by atoms with E-state index in [1.807, 2.05) is 55.0 Å². The summed E-state index contributed by atoms with van der Waals surface area (Å²) in [4.78, 5) is 31.6. The summed E-state index contributed by atoms with van der Waals surface area (Å²) in [5, 5.41) is 34.8. The molecule has 0 radical (unpaired) electrons. The molecule has 2 aromatic heterocycles. The number of carboxylic acid groups (broad SMARTS) is 1. The molecule has 2 heterocycles. The van der Waals surface area contributed by atoms with Crippen molar-refractivity contribution in [1.82, 2.24) is 25.3 Å². The second-order valence-corrected chi connectivity index (χ2v) is 16.9. The summed E-state index contributed by atoms with van der Waals surface area (Å²) in [6, 6.07) is 20.5. The van der Waals surface area contributed by atoms with E-state index in [4.69, 9.17) is 47.3 Å². The second kappa shape index (κ2) is 22.4. The van der Waals surface area contributed by atoms with E-state index in [0.29, 0.717) is 38.8 Å². The number of amides is 1. The zero-order chi connectivity index (χ0) is 45.7. The summed E-state index contributed by atoms with van der Waals surface area (Å²) in [6.45, 7) is 4.43. The quantitative estimate of drug-likeness (QED) is 0.0555. The summed E-state index contributed by atoms with van der Waals surface area (Å²) in [7, 11) is -2.17. The van der Waals surface area contributed by atoms with E-state index < -0.39 is 34.4 Å². The van der Waals surface area contributed by atoms with Crippen LogP contribution in [0.1, 0.15) is 50.9 Å². The van der Waals surface area contributed by atoms with Gasteiger partial charge in [-0.15, -0.1) is 0 Å². The van der Waals surface area contributed by atoms with Gasteiger partial charge in [-0.2, -0.15) is 10.2 Å². The molecular weight excluding hydrogens is 875 g/mol. The van der Waals surface area contributed by atoms with Gasteiger partial charge in [0.25, 0.3) is 0 Å². The van der Waals surface area contributed by atoms with Crippen LogP contribution in [0.5, 0.6) is 23.3 Å². The number of nitrogens with one attached hydrogen (secondary N) is 3. The van der Waals surface area contributed by atoms with Crippen LogP contribution in [-0.2, 0) is 52.5 Å². The van der Waals surface area contributed by atoms with Gasteiger partial charge >= 0.3 is 5.97 Å². The maximum absolute atomic E-state index is 11.9. The predicted octanol–water partition coefficient (Wildman–Crippen LogP) is 5.78. The van der Waals surface area contributed by atoms with Gasteiger partial charge in [-0.3, -0.25) is 19.3 Å². The molecule has 19 heteroatoms. The van der Waals surface area contributed by atoms with Crippen LogP contribution in [0.3, 0.4) is 0 Å². The molecule has 332 valence electrons. The number of rotatable bonds is 22. The molecule has 0 spiro atoms. The summed E-state index contributed by atoms with van der Waals surface area (Å²) >= 11 is 13.3. The number of pyridine rings is 2. The van der Waals surface area contributed by atoms with Gasteiger partial charge in [0.2, 0.25) is 27.7 Å². The Kier molecular flexibility index (Phi) is 17.1. The first-order chi connectivity index (χ1) is 30.0. The molecule has 0 aliphatic rings. The lowest BCUT2D eigenvalue weighted by atomic mass is 9.92. The number of benzene rings is 3. The van der Waals surface area contributed by atoms with Gasteiger partial charge in [-0.05, 0) is 65.4 Å². The number of carbonyl (C=O) groups is 2. The number of carbonyl (C=O) groups excluding carboxylic acids is 1. The number of aliphatic carboxylic acids is 1. The number of hydrogen-bond donors (Lipinski definition) is 5. The maximum atomic E-state index is 11.9. The van der Waals surface area contributed by atoms with E-state index >= 15 is 0 Å². The van der Waals surface area contributed by atoms with Crippen LogP contribution >= 0.6 is 23.2 Å². The summed E-state index contributed by atoms with van der Waals surface area (Å²) in [6.07, 6.45) is 2.38. The van der Waals surface area contributed by atoms with Crippen LogP contribution in [0.4, 0.5) is 0 Å². The van der Waals surface area contributed by atoms with Crippen LogP contribution in [0.25, 0.3) is 11.1 Å². The molecule has 63 heavy (non-hydrogen) atoms. The highest BCUT2D eigenvalue weighted by Crippen LogP contribution is 2.36. The lowest BCUT2D eigenvalue weighted by molar-refractivity contribution is -0.139. The van der Waals surface area contributed by atoms with Crippen LogP contribution in [0.2, 0.25) is 10.0 Å². The van der Waals surface area contributed by atoms with Crippen molar-refractivity contribution in [3.63, 3.8) is 0 Å². The Morgan fingerprint density at radius 2 is 1.46 bits per heavy atom. The smallest absolute Gasteiger partial charge is 0.306 e. The summed E-state index contributed by atoms with van der Waals surface area (Å²) in [5.41, 5.74) is 7.84. The van der Waals surface area contributed by atoms with Crippen molar-refractivity contribution < 1.29 is 47.2 Å². The third-order valence-electron chi connectivity index (χ3n) is 9.55. The van der Waals surface area contributed by atoms with E-state index in [1.54, 1.807) is 30.5 Å². The molecule has 3 aromatic carbocycles. The highest BCUT2D eigenvalue weighted by molar-refractivity contribution is 7.89. The fourth-order valence-corrected chi connectivity index (χ4v) is 7.36. The normalized spacial score (nSPS) is 11.7. The van der Waals surface area contributed by atoms with Crippen LogP contribution in [0, 0.1) is 25.2 Å². The van der Waals surface area contributed by atoms with Crippen molar-refractivity contribution >= 4 is 45.1 Å². The molecular formula is C44H46Cl2N6O10S. The molecule has 16 nitrogen and oxygen atoms in total. The number of nitriles is 1. The average molecular weight is 922 g/mol.